The zero-order chi connectivity index (χ0) is 15.5. The molecule has 2 heterocycles. The number of benzene rings is 1. The van der Waals surface area contributed by atoms with Crippen molar-refractivity contribution in [1.29, 1.82) is 0 Å². The Hall–Kier alpha value is -2.50. The normalized spacial score (nSPS) is 14.5. The number of anilines is 1. The lowest BCUT2D eigenvalue weighted by Gasteiger charge is -2.14. The van der Waals surface area contributed by atoms with E-state index in [4.69, 9.17) is 5.73 Å². The smallest absolute Gasteiger partial charge is 0.316 e. The molecule has 4 N–H and O–H groups in total. The molecular weight excluding hydrogens is 280 g/mol. The molecule has 1 fully saturated rings. The topological polar surface area (TPSA) is 91.2 Å². The van der Waals surface area contributed by atoms with Crippen LogP contribution < -0.4 is 11.1 Å². The predicted octanol–water partition coefficient (Wildman–Crippen LogP) is 2.21. The van der Waals surface area contributed by atoms with Crippen LogP contribution in [0.4, 0.5) is 10.5 Å². The van der Waals surface area contributed by atoms with Crippen molar-refractivity contribution in [3.63, 3.8) is 0 Å². The first-order valence-corrected chi connectivity index (χ1v) is 7.58. The second-order valence-corrected chi connectivity index (χ2v) is 5.65. The summed E-state index contributed by atoms with van der Waals surface area (Å²) >= 11 is 0. The average Bonchev–Trinajstić information content (AvgIpc) is 3.14. The van der Waals surface area contributed by atoms with E-state index in [1.807, 2.05) is 23.2 Å². The molecule has 116 valence electrons. The molecule has 1 aromatic heterocycles. The van der Waals surface area contributed by atoms with Crippen molar-refractivity contribution in [2.75, 3.05) is 18.4 Å². The number of hydrogen-bond donors (Lipinski definition) is 3. The maximum atomic E-state index is 12.1. The highest BCUT2D eigenvalue weighted by atomic mass is 16.2. The monoisotopic (exact) mass is 300 g/mol. The maximum Gasteiger partial charge on any atom is 0.316 e. The third-order valence-electron chi connectivity index (χ3n) is 4.10. The number of hydrogen-bond acceptors (Lipinski definition) is 2. The van der Waals surface area contributed by atoms with Gasteiger partial charge in [-0.1, -0.05) is 0 Å². The molecule has 0 atom stereocenters. The SMILES string of the molecule is NC(=O)Nc1ccc2[nH]cc(CCC(=O)N3CCCC3)c2c1. The molecule has 1 aliphatic heterocycles. The molecule has 6 nitrogen and oxygen atoms in total. The van der Waals surface area contributed by atoms with Gasteiger partial charge in [0.25, 0.3) is 0 Å². The van der Waals surface area contributed by atoms with Gasteiger partial charge in [0.05, 0.1) is 0 Å². The molecule has 1 aliphatic rings. The quantitative estimate of drug-likeness (QED) is 0.808. The van der Waals surface area contributed by atoms with Crippen molar-refractivity contribution < 1.29 is 9.59 Å². The van der Waals surface area contributed by atoms with Crippen LogP contribution >= 0.6 is 0 Å². The van der Waals surface area contributed by atoms with E-state index in [1.165, 1.54) is 0 Å². The summed E-state index contributed by atoms with van der Waals surface area (Å²) in [5.41, 5.74) is 7.87. The summed E-state index contributed by atoms with van der Waals surface area (Å²) in [4.78, 5) is 28.2. The van der Waals surface area contributed by atoms with Crippen molar-refractivity contribution >= 4 is 28.5 Å². The van der Waals surface area contributed by atoms with Gasteiger partial charge in [0, 0.05) is 42.3 Å². The second-order valence-electron chi connectivity index (χ2n) is 5.65. The highest BCUT2D eigenvalue weighted by molar-refractivity contribution is 5.93. The number of nitrogens with one attached hydrogen (secondary N) is 2. The molecule has 0 bridgehead atoms. The Morgan fingerprint density at radius 1 is 1.27 bits per heavy atom. The summed E-state index contributed by atoms with van der Waals surface area (Å²) in [7, 11) is 0. The van der Waals surface area contributed by atoms with Crippen molar-refractivity contribution in [2.45, 2.75) is 25.7 Å². The summed E-state index contributed by atoms with van der Waals surface area (Å²) in [5.74, 6) is 0.221. The molecule has 0 radical (unpaired) electrons. The Kier molecular flexibility index (Phi) is 4.00. The first-order valence-electron chi connectivity index (χ1n) is 7.58. The van der Waals surface area contributed by atoms with E-state index in [9.17, 15) is 9.59 Å². The lowest BCUT2D eigenvalue weighted by Crippen LogP contribution is -2.27. The number of carbonyl (C=O) groups excluding carboxylic acids is 2. The lowest BCUT2D eigenvalue weighted by molar-refractivity contribution is -0.130. The van der Waals surface area contributed by atoms with Crippen LogP contribution in [0.25, 0.3) is 10.9 Å². The number of H-pyrrole nitrogens is 1. The van der Waals surface area contributed by atoms with Crippen LogP contribution in [0.15, 0.2) is 24.4 Å². The third-order valence-corrected chi connectivity index (χ3v) is 4.10. The van der Waals surface area contributed by atoms with Crippen LogP contribution in [0.3, 0.4) is 0 Å². The Balaban J connectivity index is 1.72. The van der Waals surface area contributed by atoms with Crippen molar-refractivity contribution in [1.82, 2.24) is 9.88 Å². The van der Waals surface area contributed by atoms with Gasteiger partial charge in [-0.25, -0.2) is 4.79 Å². The molecule has 1 saturated heterocycles. The van der Waals surface area contributed by atoms with E-state index in [0.29, 0.717) is 18.5 Å². The highest BCUT2D eigenvalue weighted by Gasteiger charge is 2.18. The number of primary amides is 1. The van der Waals surface area contributed by atoms with Crippen molar-refractivity contribution in [3.8, 4) is 0 Å². The van der Waals surface area contributed by atoms with Crippen LogP contribution in [-0.2, 0) is 11.2 Å². The molecule has 2 aromatic rings. The van der Waals surface area contributed by atoms with Gasteiger partial charge in [-0.15, -0.1) is 0 Å². The summed E-state index contributed by atoms with van der Waals surface area (Å²) in [5, 5.41) is 3.59. The fourth-order valence-electron chi connectivity index (χ4n) is 2.97. The number of likely N-dealkylation sites (tertiary alicyclic amines) is 1. The summed E-state index contributed by atoms with van der Waals surface area (Å²) in [6.45, 7) is 1.78. The number of nitrogens with two attached hydrogens (primary N) is 1. The average molecular weight is 300 g/mol. The summed E-state index contributed by atoms with van der Waals surface area (Å²) < 4.78 is 0. The van der Waals surface area contributed by atoms with Crippen LogP contribution in [0.5, 0.6) is 0 Å². The number of amides is 3. The largest absolute Gasteiger partial charge is 0.361 e. The van der Waals surface area contributed by atoms with E-state index in [1.54, 1.807) is 6.07 Å². The number of nitrogens with zero attached hydrogens (tertiary/aromatic N) is 1. The van der Waals surface area contributed by atoms with Gasteiger partial charge in [-0.3, -0.25) is 4.79 Å². The Bertz CT molecular complexity index is 701. The lowest BCUT2D eigenvalue weighted by atomic mass is 10.1. The standard InChI is InChI=1S/C16H20N4O2/c17-16(22)19-12-4-5-14-13(9-12)11(10-18-14)3-6-15(21)20-7-1-2-8-20/h4-5,9-10,18H,1-3,6-8H2,(H3,17,19,22). The van der Waals surface area contributed by atoms with Crippen molar-refractivity contribution in [3.05, 3.63) is 30.0 Å². The maximum absolute atomic E-state index is 12.1. The number of carbonyl (C=O) groups is 2. The fourth-order valence-corrected chi connectivity index (χ4v) is 2.97. The molecule has 0 saturated carbocycles. The predicted molar refractivity (Wildman–Crippen MR) is 85.6 cm³/mol. The first kappa shape index (κ1) is 14.4. The molecule has 22 heavy (non-hydrogen) atoms. The Labute approximate surface area is 128 Å². The number of aromatic amines is 1. The second kappa shape index (κ2) is 6.09. The van der Waals surface area contributed by atoms with Gasteiger partial charge in [-0.2, -0.15) is 0 Å². The van der Waals surface area contributed by atoms with Crippen LogP contribution in [-0.4, -0.2) is 34.9 Å². The number of aromatic nitrogens is 1. The first-order chi connectivity index (χ1) is 10.6. The zero-order valence-corrected chi connectivity index (χ0v) is 12.4. The van der Waals surface area contributed by atoms with E-state index >= 15 is 0 Å². The molecule has 6 heteroatoms. The highest BCUT2D eigenvalue weighted by Crippen LogP contribution is 2.24. The number of aryl methyl sites for hydroxylation is 1. The van der Waals surface area contributed by atoms with Gasteiger partial charge in [0.1, 0.15) is 0 Å². The van der Waals surface area contributed by atoms with Crippen LogP contribution in [0, 0.1) is 0 Å². The molecular formula is C16H20N4O2. The van der Waals surface area contributed by atoms with Crippen LogP contribution in [0.2, 0.25) is 0 Å². The van der Waals surface area contributed by atoms with E-state index in [-0.39, 0.29) is 5.91 Å². The van der Waals surface area contributed by atoms with E-state index < -0.39 is 6.03 Å². The number of urea groups is 1. The fraction of sp³-hybridized carbons (Fsp3) is 0.375. The van der Waals surface area contributed by atoms with Crippen molar-refractivity contribution in [2.24, 2.45) is 5.73 Å². The van der Waals surface area contributed by atoms with Gasteiger partial charge in [-0.05, 0) is 43.0 Å². The minimum absolute atomic E-state index is 0.221. The van der Waals surface area contributed by atoms with E-state index in [0.717, 1.165) is 42.4 Å². The number of rotatable bonds is 4. The summed E-state index contributed by atoms with van der Waals surface area (Å²) in [6, 6.07) is 4.99. The summed E-state index contributed by atoms with van der Waals surface area (Å²) in [6.07, 6.45) is 5.35. The molecule has 1 aromatic carbocycles. The Morgan fingerprint density at radius 3 is 2.77 bits per heavy atom. The van der Waals surface area contributed by atoms with Gasteiger partial charge >= 0.3 is 6.03 Å². The third kappa shape index (κ3) is 3.05. The Morgan fingerprint density at radius 2 is 2.05 bits per heavy atom. The number of fused-ring (bicyclic) bond motifs is 1. The zero-order valence-electron chi connectivity index (χ0n) is 12.4. The molecule has 0 aliphatic carbocycles. The minimum Gasteiger partial charge on any atom is -0.361 e. The molecule has 3 rings (SSSR count). The van der Waals surface area contributed by atoms with Gasteiger partial charge < -0.3 is 20.9 Å². The van der Waals surface area contributed by atoms with Gasteiger partial charge in [0.15, 0.2) is 0 Å². The molecule has 0 unspecified atom stereocenters. The van der Waals surface area contributed by atoms with Gasteiger partial charge in [0.2, 0.25) is 5.91 Å². The minimum atomic E-state index is -0.583. The molecule has 0 spiro atoms. The van der Waals surface area contributed by atoms with E-state index in [2.05, 4.69) is 10.3 Å². The molecule has 3 amide bonds. The van der Waals surface area contributed by atoms with Crippen LogP contribution in [0.1, 0.15) is 24.8 Å².